The molecule has 0 aliphatic rings. The van der Waals surface area contributed by atoms with Crippen molar-refractivity contribution in [3.63, 3.8) is 0 Å². The first-order chi connectivity index (χ1) is 7.31. The highest BCUT2D eigenvalue weighted by Crippen LogP contribution is 2.03. The number of unbranched alkanes of at least 4 members (excludes halogenated alkanes) is 1. The number of urea groups is 1. The minimum Gasteiger partial charge on any atom is -0.480 e. The van der Waals surface area contributed by atoms with E-state index in [1.54, 1.807) is 13.1 Å². The Morgan fingerprint density at radius 2 is 2.06 bits per heavy atom. The lowest BCUT2D eigenvalue weighted by Gasteiger charge is -2.25. The van der Waals surface area contributed by atoms with Gasteiger partial charge >= 0.3 is 12.0 Å². The number of hydrogen-bond acceptors (Lipinski definition) is 2. The van der Waals surface area contributed by atoms with Gasteiger partial charge in [0.05, 0.1) is 0 Å². The Hall–Kier alpha value is -1.52. The van der Waals surface area contributed by atoms with Gasteiger partial charge in [-0.05, 0) is 26.7 Å². The maximum atomic E-state index is 11.6. The molecular weight excluding hydrogens is 208 g/mol. The predicted octanol–water partition coefficient (Wildman–Crippen LogP) is 1.46. The first kappa shape index (κ1) is 14.5. The summed E-state index contributed by atoms with van der Waals surface area (Å²) >= 11 is 0. The van der Waals surface area contributed by atoms with Crippen molar-refractivity contribution in [2.45, 2.75) is 32.2 Å². The molecule has 0 aromatic rings. The monoisotopic (exact) mass is 228 g/mol. The molecule has 16 heavy (non-hydrogen) atoms. The maximum Gasteiger partial charge on any atom is 0.328 e. The number of carboxylic acids is 1. The van der Waals surface area contributed by atoms with Gasteiger partial charge in [-0.1, -0.05) is 6.08 Å². The fourth-order valence-corrected chi connectivity index (χ4v) is 0.991. The van der Waals surface area contributed by atoms with Crippen molar-refractivity contribution >= 4 is 12.0 Å². The second-order valence-electron chi connectivity index (χ2n) is 4.21. The van der Waals surface area contributed by atoms with Crippen LogP contribution in [0.1, 0.15) is 26.7 Å². The van der Waals surface area contributed by atoms with Crippen LogP contribution in [0.4, 0.5) is 4.79 Å². The molecule has 92 valence electrons. The van der Waals surface area contributed by atoms with Crippen LogP contribution in [-0.2, 0) is 4.79 Å². The predicted molar refractivity (Wildman–Crippen MR) is 62.3 cm³/mol. The normalized spacial score (nSPS) is 10.7. The largest absolute Gasteiger partial charge is 0.480 e. The van der Waals surface area contributed by atoms with E-state index in [2.05, 4.69) is 11.9 Å². The molecular formula is C11H20N2O3. The van der Waals surface area contributed by atoms with Gasteiger partial charge in [0.25, 0.3) is 0 Å². The van der Waals surface area contributed by atoms with Gasteiger partial charge in [0.2, 0.25) is 0 Å². The van der Waals surface area contributed by atoms with Crippen molar-refractivity contribution in [3.05, 3.63) is 12.7 Å². The summed E-state index contributed by atoms with van der Waals surface area (Å²) in [5.74, 6) is -1.06. The second-order valence-corrected chi connectivity index (χ2v) is 4.21. The average molecular weight is 228 g/mol. The Balaban J connectivity index is 4.14. The van der Waals surface area contributed by atoms with Gasteiger partial charge in [0.1, 0.15) is 5.54 Å². The molecule has 0 spiro atoms. The molecule has 0 aromatic heterocycles. The lowest BCUT2D eigenvalue weighted by Crippen LogP contribution is -2.53. The van der Waals surface area contributed by atoms with E-state index < -0.39 is 11.5 Å². The standard InChI is InChI=1S/C11H20N2O3/c1-5-6-7-8-13(4)10(16)12-11(2,3)9(14)15/h5H,1,6-8H2,2-4H3,(H,12,16)(H,14,15). The summed E-state index contributed by atoms with van der Waals surface area (Å²) in [4.78, 5) is 23.8. The number of nitrogens with zero attached hydrogens (tertiary/aromatic N) is 1. The number of amides is 2. The second kappa shape index (κ2) is 6.15. The molecule has 0 heterocycles. The summed E-state index contributed by atoms with van der Waals surface area (Å²) in [6.07, 6.45) is 3.44. The van der Waals surface area contributed by atoms with E-state index in [4.69, 9.17) is 5.11 Å². The highest BCUT2D eigenvalue weighted by atomic mass is 16.4. The lowest BCUT2D eigenvalue weighted by molar-refractivity contribution is -0.143. The third-order valence-corrected chi connectivity index (χ3v) is 2.20. The molecule has 2 N–H and O–H groups in total. The zero-order valence-corrected chi connectivity index (χ0v) is 10.1. The van der Waals surface area contributed by atoms with E-state index >= 15 is 0 Å². The molecule has 0 aliphatic carbocycles. The van der Waals surface area contributed by atoms with Crippen molar-refractivity contribution in [3.8, 4) is 0 Å². The Morgan fingerprint density at radius 1 is 1.50 bits per heavy atom. The Bertz CT molecular complexity index is 274. The van der Waals surface area contributed by atoms with E-state index in [1.807, 2.05) is 0 Å². The number of rotatable bonds is 6. The van der Waals surface area contributed by atoms with E-state index in [-0.39, 0.29) is 6.03 Å². The van der Waals surface area contributed by atoms with Gasteiger partial charge in [0, 0.05) is 13.6 Å². The average Bonchev–Trinajstić information content (AvgIpc) is 2.17. The summed E-state index contributed by atoms with van der Waals surface area (Å²) in [6.45, 7) is 7.06. The molecule has 0 atom stereocenters. The SMILES string of the molecule is C=CCCCN(C)C(=O)NC(C)(C)C(=O)O. The number of allylic oxidation sites excluding steroid dienone is 1. The van der Waals surface area contributed by atoms with Crippen molar-refractivity contribution < 1.29 is 14.7 Å². The topological polar surface area (TPSA) is 69.6 Å². The van der Waals surface area contributed by atoms with E-state index in [1.165, 1.54) is 18.7 Å². The number of carbonyl (C=O) groups excluding carboxylic acids is 1. The number of aliphatic carboxylic acids is 1. The molecule has 0 aromatic carbocycles. The zero-order valence-electron chi connectivity index (χ0n) is 10.1. The van der Waals surface area contributed by atoms with Gasteiger partial charge < -0.3 is 15.3 Å². The molecule has 0 rings (SSSR count). The van der Waals surface area contributed by atoms with Crippen molar-refractivity contribution in [2.24, 2.45) is 0 Å². The molecule has 0 aliphatic heterocycles. The minimum absolute atomic E-state index is 0.378. The van der Waals surface area contributed by atoms with Crippen LogP contribution in [-0.4, -0.2) is 41.1 Å². The van der Waals surface area contributed by atoms with E-state index in [0.717, 1.165) is 12.8 Å². The summed E-state index contributed by atoms with van der Waals surface area (Å²) in [6, 6.07) is -0.378. The van der Waals surface area contributed by atoms with Gasteiger partial charge in [-0.15, -0.1) is 6.58 Å². The molecule has 0 radical (unpaired) electrons. The Kier molecular flexibility index (Phi) is 5.56. The van der Waals surface area contributed by atoms with E-state index in [0.29, 0.717) is 6.54 Å². The zero-order chi connectivity index (χ0) is 12.8. The third kappa shape index (κ3) is 4.82. The Labute approximate surface area is 96.1 Å². The number of hydrogen-bond donors (Lipinski definition) is 2. The fraction of sp³-hybridized carbons (Fsp3) is 0.636. The molecule has 0 fully saturated rings. The first-order valence-corrected chi connectivity index (χ1v) is 5.19. The van der Waals surface area contributed by atoms with Crippen LogP contribution in [0.3, 0.4) is 0 Å². The molecule has 2 amide bonds. The molecule has 0 saturated carbocycles. The van der Waals surface area contributed by atoms with E-state index in [9.17, 15) is 9.59 Å². The van der Waals surface area contributed by atoms with Crippen molar-refractivity contribution in [1.82, 2.24) is 10.2 Å². The lowest BCUT2D eigenvalue weighted by atomic mass is 10.1. The van der Waals surface area contributed by atoms with Crippen LogP contribution < -0.4 is 5.32 Å². The van der Waals surface area contributed by atoms with Crippen molar-refractivity contribution in [1.29, 1.82) is 0 Å². The van der Waals surface area contributed by atoms with Gasteiger partial charge in [-0.25, -0.2) is 9.59 Å². The van der Waals surface area contributed by atoms with Crippen LogP contribution in [0, 0.1) is 0 Å². The van der Waals surface area contributed by atoms with Crippen LogP contribution >= 0.6 is 0 Å². The summed E-state index contributed by atoms with van der Waals surface area (Å²) in [7, 11) is 1.64. The third-order valence-electron chi connectivity index (χ3n) is 2.20. The fourth-order valence-electron chi connectivity index (χ4n) is 0.991. The van der Waals surface area contributed by atoms with Crippen LogP contribution in [0.25, 0.3) is 0 Å². The quantitative estimate of drug-likeness (QED) is 0.534. The highest BCUT2D eigenvalue weighted by molar-refractivity contribution is 5.85. The smallest absolute Gasteiger partial charge is 0.328 e. The van der Waals surface area contributed by atoms with Gasteiger partial charge in [-0.3, -0.25) is 0 Å². The van der Waals surface area contributed by atoms with Crippen LogP contribution in [0.2, 0.25) is 0 Å². The maximum absolute atomic E-state index is 11.6. The number of nitrogens with one attached hydrogen (secondary N) is 1. The van der Waals surface area contributed by atoms with Crippen LogP contribution in [0.5, 0.6) is 0 Å². The molecule has 0 unspecified atom stereocenters. The minimum atomic E-state index is -1.25. The number of carbonyl (C=O) groups is 2. The first-order valence-electron chi connectivity index (χ1n) is 5.19. The van der Waals surface area contributed by atoms with Gasteiger partial charge in [-0.2, -0.15) is 0 Å². The summed E-state index contributed by atoms with van der Waals surface area (Å²) in [5, 5.41) is 11.3. The Morgan fingerprint density at radius 3 is 2.50 bits per heavy atom. The summed E-state index contributed by atoms with van der Waals surface area (Å²) < 4.78 is 0. The molecule has 5 nitrogen and oxygen atoms in total. The van der Waals surface area contributed by atoms with Gasteiger partial charge in [0.15, 0.2) is 0 Å². The molecule has 0 saturated heterocycles. The molecule has 0 bridgehead atoms. The molecule has 5 heteroatoms. The summed E-state index contributed by atoms with van der Waals surface area (Å²) in [5.41, 5.74) is -1.25. The van der Waals surface area contributed by atoms with Crippen molar-refractivity contribution in [2.75, 3.05) is 13.6 Å². The number of carboxylic acid groups (broad SMARTS) is 1. The van der Waals surface area contributed by atoms with Crippen LogP contribution in [0.15, 0.2) is 12.7 Å². The highest BCUT2D eigenvalue weighted by Gasteiger charge is 2.29.